The first-order chi connectivity index (χ1) is 38.1. The molecule has 0 unspecified atom stereocenters. The van der Waals surface area contributed by atoms with Crippen molar-refractivity contribution in [2.24, 2.45) is 0 Å². The van der Waals surface area contributed by atoms with Crippen LogP contribution in [0.4, 0.5) is 0 Å². The molecule has 0 saturated carbocycles. The summed E-state index contributed by atoms with van der Waals surface area (Å²) < 4.78 is 0. The van der Waals surface area contributed by atoms with Crippen molar-refractivity contribution in [3.8, 4) is 0 Å². The minimum Gasteiger partial charge on any atom is -0.0616 e. The van der Waals surface area contributed by atoms with Gasteiger partial charge in [0.2, 0.25) is 0 Å². The van der Waals surface area contributed by atoms with E-state index in [0.717, 1.165) is 18.7 Å². The van der Waals surface area contributed by atoms with E-state index < -0.39 is 14.5 Å². The summed E-state index contributed by atoms with van der Waals surface area (Å²) in [5.74, 6) is 0. The Bertz CT molecular complexity index is 3790. The van der Waals surface area contributed by atoms with Gasteiger partial charge in [-0.05, 0) is 97.4 Å². The van der Waals surface area contributed by atoms with Gasteiger partial charge in [0, 0.05) is 32.3 Å². The zero-order valence-corrected chi connectivity index (χ0v) is 44.7. The summed E-state index contributed by atoms with van der Waals surface area (Å²) in [7, 11) is -4.84. The molecule has 364 valence electrons. The van der Waals surface area contributed by atoms with Crippen molar-refractivity contribution < 1.29 is 0 Å². The molecule has 0 nitrogen and oxygen atoms in total. The van der Waals surface area contributed by atoms with E-state index in [4.69, 9.17) is 0 Å². The minimum absolute atomic E-state index is 0.854. The Kier molecular flexibility index (Phi) is 12.1. The van der Waals surface area contributed by atoms with Gasteiger partial charge in [0.1, 0.15) is 46.4 Å². The highest BCUT2D eigenvalue weighted by Crippen LogP contribution is 2.63. The fourth-order valence-electron chi connectivity index (χ4n) is 12.8. The van der Waals surface area contributed by atoms with Crippen LogP contribution in [0, 0.1) is 0 Å². The van der Waals surface area contributed by atoms with Gasteiger partial charge in [-0.15, -0.1) is 0 Å². The second kappa shape index (κ2) is 19.9. The van der Waals surface area contributed by atoms with Gasteiger partial charge in [-0.2, -0.15) is 0 Å². The van der Waals surface area contributed by atoms with Crippen molar-refractivity contribution >= 4 is 111 Å². The van der Waals surface area contributed by atoms with Crippen molar-refractivity contribution in [1.29, 1.82) is 0 Å². The van der Waals surface area contributed by atoms with Crippen LogP contribution in [0.2, 0.25) is 0 Å². The normalized spacial score (nSPS) is 12.1. The van der Waals surface area contributed by atoms with Crippen LogP contribution in [0.5, 0.6) is 0 Å². The molecule has 0 aromatic heterocycles. The maximum atomic E-state index is 2.44. The van der Waals surface area contributed by atoms with Gasteiger partial charge in [0.15, 0.2) is 0 Å². The summed E-state index contributed by atoms with van der Waals surface area (Å²) in [5.41, 5.74) is 5.33. The Hall–Kier alpha value is -8.50. The van der Waals surface area contributed by atoms with Crippen LogP contribution in [-0.4, -0.2) is 0 Å². The third-order valence-electron chi connectivity index (χ3n) is 16.4. The SMILES string of the molecule is c1ccc2c([P+](Cc3ccc(Cc4ccc(C[P+](c5cccc6ccccc56)(c5cccc6ccccc56)c5cccc6ccccc56)cc4)cc3)(c3cccc4ccccc34)c3cccc4ccccc34)cccc2c1. The lowest BCUT2D eigenvalue weighted by molar-refractivity contribution is 1.17. The van der Waals surface area contributed by atoms with Crippen LogP contribution in [0.25, 0.3) is 64.6 Å². The third-order valence-corrected chi connectivity index (χ3v) is 25.3. The zero-order valence-electron chi connectivity index (χ0n) is 42.9. The number of benzene rings is 14. The van der Waals surface area contributed by atoms with Gasteiger partial charge in [-0.3, -0.25) is 0 Å². The molecule has 0 bridgehead atoms. The van der Waals surface area contributed by atoms with Crippen LogP contribution in [0.15, 0.2) is 303 Å². The van der Waals surface area contributed by atoms with Gasteiger partial charge in [0.25, 0.3) is 0 Å². The summed E-state index contributed by atoms with van der Waals surface area (Å²) in [6.45, 7) is 0. The largest absolute Gasteiger partial charge is 0.118 e. The number of hydrogen-bond acceptors (Lipinski definition) is 0. The lowest BCUT2D eigenvalue weighted by Crippen LogP contribution is -2.34. The predicted molar refractivity (Wildman–Crippen MR) is 338 cm³/mol. The van der Waals surface area contributed by atoms with Crippen LogP contribution in [0.3, 0.4) is 0 Å². The second-order valence-corrected chi connectivity index (χ2v) is 27.5. The van der Waals surface area contributed by atoms with Crippen molar-refractivity contribution in [2.75, 3.05) is 0 Å². The van der Waals surface area contributed by atoms with E-state index in [0.29, 0.717) is 0 Å². The van der Waals surface area contributed by atoms with E-state index in [1.54, 1.807) is 0 Å². The standard InChI is InChI=1S/C75H56P2/c1-7-31-64-58(19-1)25-13-37-70(64)76(71-38-14-26-59-20-2-8-32-65(59)71,72-39-15-27-60-21-3-9-33-66(60)72)52-56-47-43-54(44-48-56)51-55-45-49-57(50-46-55)53-77(73-40-16-28-61-22-4-10-34-67(61)73,74-41-17-29-62-23-5-11-35-68(62)74)75-42-18-30-63-24-6-12-36-69(63)75/h1-50H,51-53H2/q+2. The first-order valence-electron chi connectivity index (χ1n) is 27.0. The van der Waals surface area contributed by atoms with E-state index in [1.807, 2.05) is 0 Å². The number of fused-ring (bicyclic) bond motifs is 6. The lowest BCUT2D eigenvalue weighted by Gasteiger charge is -2.31. The van der Waals surface area contributed by atoms with Gasteiger partial charge in [-0.25, -0.2) is 0 Å². The van der Waals surface area contributed by atoms with E-state index in [2.05, 4.69) is 303 Å². The van der Waals surface area contributed by atoms with Crippen molar-refractivity contribution in [3.63, 3.8) is 0 Å². The molecule has 2 heteroatoms. The molecule has 14 aromatic carbocycles. The molecule has 77 heavy (non-hydrogen) atoms. The Morgan fingerprint density at radius 3 is 0.571 bits per heavy atom. The topological polar surface area (TPSA) is 0 Å². The molecule has 0 spiro atoms. The molecule has 0 atom stereocenters. The highest BCUT2D eigenvalue weighted by molar-refractivity contribution is 7.96. The Morgan fingerprint density at radius 1 is 0.169 bits per heavy atom. The molecule has 0 aliphatic heterocycles. The molecule has 0 heterocycles. The Balaban J connectivity index is 0.869. The molecule has 0 N–H and O–H groups in total. The summed E-state index contributed by atoms with van der Waals surface area (Å²) in [6.07, 6.45) is 2.65. The van der Waals surface area contributed by atoms with Crippen LogP contribution in [-0.2, 0) is 18.7 Å². The molecule has 14 rings (SSSR count). The van der Waals surface area contributed by atoms with Gasteiger partial charge < -0.3 is 0 Å². The van der Waals surface area contributed by atoms with E-state index >= 15 is 0 Å². The maximum absolute atomic E-state index is 2.44. The van der Waals surface area contributed by atoms with E-state index in [1.165, 1.54) is 119 Å². The maximum Gasteiger partial charge on any atom is 0.118 e. The number of hydrogen-bond donors (Lipinski definition) is 0. The molecule has 0 radical (unpaired) electrons. The smallest absolute Gasteiger partial charge is 0.0616 e. The van der Waals surface area contributed by atoms with Gasteiger partial charge >= 0.3 is 0 Å². The predicted octanol–water partition coefficient (Wildman–Crippen LogP) is 17.2. The molecular formula is C75H56P2+2. The molecule has 0 saturated heterocycles. The fourth-order valence-corrected chi connectivity index (χ4v) is 22.7. The second-order valence-electron chi connectivity index (χ2n) is 20.7. The van der Waals surface area contributed by atoms with Gasteiger partial charge in [0.05, 0.1) is 12.3 Å². The molecule has 0 aliphatic carbocycles. The highest BCUT2D eigenvalue weighted by Gasteiger charge is 2.50. The monoisotopic (exact) mass is 1020 g/mol. The average molecular weight is 1020 g/mol. The fraction of sp³-hybridized carbons (Fsp3) is 0.0400. The average Bonchev–Trinajstić information content (AvgIpc) is 3.54. The molecule has 0 fully saturated rings. The summed E-state index contributed by atoms with van der Waals surface area (Å²) in [5, 5.41) is 24.2. The van der Waals surface area contributed by atoms with Crippen LogP contribution in [0.1, 0.15) is 22.3 Å². The zero-order chi connectivity index (χ0) is 51.2. The molecule has 0 amide bonds. The molecular weight excluding hydrogens is 963 g/mol. The first kappa shape index (κ1) is 47.0. The highest BCUT2D eigenvalue weighted by atomic mass is 31.2. The molecule has 14 aromatic rings. The summed E-state index contributed by atoms with van der Waals surface area (Å²) in [4.78, 5) is 0. The van der Waals surface area contributed by atoms with E-state index in [-0.39, 0.29) is 0 Å². The van der Waals surface area contributed by atoms with Gasteiger partial charge in [-0.1, -0.05) is 267 Å². The van der Waals surface area contributed by atoms with Crippen LogP contribution < -0.4 is 31.8 Å². The number of rotatable bonds is 12. The Morgan fingerprint density at radius 2 is 0.351 bits per heavy atom. The summed E-state index contributed by atoms with van der Waals surface area (Å²) in [6, 6.07) is 115. The lowest BCUT2D eigenvalue weighted by atomic mass is 10.0. The van der Waals surface area contributed by atoms with Crippen molar-refractivity contribution in [2.45, 2.75) is 18.7 Å². The Labute approximate surface area is 452 Å². The van der Waals surface area contributed by atoms with Crippen molar-refractivity contribution in [3.05, 3.63) is 326 Å². The first-order valence-corrected chi connectivity index (χ1v) is 30.9. The quantitative estimate of drug-likeness (QED) is 0.107. The minimum atomic E-state index is -2.42. The van der Waals surface area contributed by atoms with E-state index in [9.17, 15) is 0 Å². The molecule has 0 aliphatic rings. The van der Waals surface area contributed by atoms with Crippen LogP contribution >= 0.6 is 14.5 Å². The summed E-state index contributed by atoms with van der Waals surface area (Å²) >= 11 is 0. The van der Waals surface area contributed by atoms with Crippen molar-refractivity contribution in [1.82, 2.24) is 0 Å². The third kappa shape index (κ3) is 8.24.